The molecule has 106 valence electrons. The lowest BCUT2D eigenvalue weighted by Crippen LogP contribution is -2.49. The van der Waals surface area contributed by atoms with Crippen molar-refractivity contribution in [1.82, 2.24) is 0 Å². The largest absolute Gasteiger partial charge is 0.364 e. The summed E-state index contributed by atoms with van der Waals surface area (Å²) in [7, 11) is 0. The Morgan fingerprint density at radius 3 is 2.90 bits per heavy atom. The van der Waals surface area contributed by atoms with E-state index < -0.39 is 4.92 Å². The standard InChI is InChI=1S/C14H18N4O2/c1-10-3-2-4-13(9-16)17(10)12-6-5-11(8-15)14(7-12)18(19)20/h5-7,10,13H,2-4,9,16H2,1H3. The van der Waals surface area contributed by atoms with Gasteiger partial charge in [0, 0.05) is 30.4 Å². The summed E-state index contributed by atoms with van der Waals surface area (Å²) < 4.78 is 0. The predicted molar refractivity (Wildman–Crippen MR) is 76.4 cm³/mol. The topological polar surface area (TPSA) is 96.2 Å². The van der Waals surface area contributed by atoms with Gasteiger partial charge in [-0.25, -0.2) is 0 Å². The molecule has 1 fully saturated rings. The Kier molecular flexibility index (Phi) is 4.20. The Hall–Kier alpha value is -2.13. The van der Waals surface area contributed by atoms with Gasteiger partial charge >= 0.3 is 0 Å². The fourth-order valence-electron chi connectivity index (χ4n) is 2.91. The van der Waals surface area contributed by atoms with Crippen molar-refractivity contribution < 1.29 is 4.92 Å². The van der Waals surface area contributed by atoms with Gasteiger partial charge in [0.2, 0.25) is 0 Å². The molecular weight excluding hydrogens is 256 g/mol. The summed E-state index contributed by atoms with van der Waals surface area (Å²) in [6.07, 6.45) is 3.16. The van der Waals surface area contributed by atoms with Crippen LogP contribution in [0.5, 0.6) is 0 Å². The van der Waals surface area contributed by atoms with Crippen LogP contribution in [0.2, 0.25) is 0 Å². The van der Waals surface area contributed by atoms with Gasteiger partial charge in [-0.15, -0.1) is 0 Å². The third kappa shape index (κ3) is 2.58. The van der Waals surface area contributed by atoms with E-state index in [1.165, 1.54) is 12.1 Å². The molecule has 1 saturated heterocycles. The molecule has 0 aromatic heterocycles. The molecule has 0 aliphatic carbocycles. The number of nitriles is 1. The summed E-state index contributed by atoms with van der Waals surface area (Å²) >= 11 is 0. The molecule has 1 aromatic carbocycles. The molecule has 1 aliphatic heterocycles. The van der Waals surface area contributed by atoms with Crippen LogP contribution in [0, 0.1) is 21.4 Å². The summed E-state index contributed by atoms with van der Waals surface area (Å²) in [5.41, 5.74) is 6.55. The van der Waals surface area contributed by atoms with Gasteiger partial charge in [0.15, 0.2) is 0 Å². The number of benzene rings is 1. The van der Waals surface area contributed by atoms with Crippen molar-refractivity contribution in [2.75, 3.05) is 11.4 Å². The van der Waals surface area contributed by atoms with Crippen LogP contribution >= 0.6 is 0 Å². The summed E-state index contributed by atoms with van der Waals surface area (Å²) in [5.74, 6) is 0. The van der Waals surface area contributed by atoms with Gasteiger partial charge in [-0.1, -0.05) is 0 Å². The van der Waals surface area contributed by atoms with Crippen LogP contribution in [0.4, 0.5) is 11.4 Å². The minimum absolute atomic E-state index is 0.0905. The fourth-order valence-corrected chi connectivity index (χ4v) is 2.91. The maximum absolute atomic E-state index is 11.1. The predicted octanol–water partition coefficient (Wildman–Crippen LogP) is 2.17. The molecule has 0 spiro atoms. The SMILES string of the molecule is CC1CCCC(CN)N1c1ccc(C#N)c([N+](=O)[O-])c1. The van der Waals surface area contributed by atoms with Crippen LogP contribution < -0.4 is 10.6 Å². The van der Waals surface area contributed by atoms with E-state index in [2.05, 4.69) is 11.8 Å². The summed E-state index contributed by atoms with van der Waals surface area (Å²) in [6, 6.07) is 7.13. The zero-order valence-corrected chi connectivity index (χ0v) is 11.5. The van der Waals surface area contributed by atoms with Crippen LogP contribution in [-0.2, 0) is 0 Å². The first-order valence-corrected chi connectivity index (χ1v) is 6.75. The Morgan fingerprint density at radius 2 is 2.30 bits per heavy atom. The molecule has 2 atom stereocenters. The lowest BCUT2D eigenvalue weighted by Gasteiger charge is -2.42. The number of nitrogens with zero attached hydrogens (tertiary/aromatic N) is 3. The first kappa shape index (κ1) is 14.3. The van der Waals surface area contributed by atoms with E-state index in [0.29, 0.717) is 12.6 Å². The molecular formula is C14H18N4O2. The molecule has 6 heteroatoms. The summed E-state index contributed by atoms with van der Waals surface area (Å²) in [4.78, 5) is 12.7. The number of hydrogen-bond donors (Lipinski definition) is 1. The number of hydrogen-bond acceptors (Lipinski definition) is 5. The number of nitro groups is 1. The molecule has 1 heterocycles. The van der Waals surface area contributed by atoms with E-state index >= 15 is 0 Å². The first-order chi connectivity index (χ1) is 9.58. The monoisotopic (exact) mass is 274 g/mol. The van der Waals surface area contributed by atoms with Crippen molar-refractivity contribution in [3.05, 3.63) is 33.9 Å². The zero-order valence-electron chi connectivity index (χ0n) is 11.5. The molecule has 2 rings (SSSR count). The highest BCUT2D eigenvalue weighted by atomic mass is 16.6. The zero-order chi connectivity index (χ0) is 14.7. The van der Waals surface area contributed by atoms with Crippen LogP contribution in [-0.4, -0.2) is 23.6 Å². The van der Waals surface area contributed by atoms with E-state index in [1.54, 1.807) is 6.07 Å². The highest BCUT2D eigenvalue weighted by molar-refractivity contribution is 5.61. The van der Waals surface area contributed by atoms with E-state index in [0.717, 1.165) is 24.9 Å². The lowest BCUT2D eigenvalue weighted by molar-refractivity contribution is -0.385. The van der Waals surface area contributed by atoms with Gasteiger partial charge in [-0.05, 0) is 38.3 Å². The van der Waals surface area contributed by atoms with E-state index in [-0.39, 0.29) is 17.3 Å². The smallest absolute Gasteiger partial charge is 0.289 e. The van der Waals surface area contributed by atoms with Gasteiger partial charge in [0.05, 0.1) is 4.92 Å². The molecule has 2 unspecified atom stereocenters. The Morgan fingerprint density at radius 1 is 1.55 bits per heavy atom. The average molecular weight is 274 g/mol. The summed E-state index contributed by atoms with van der Waals surface area (Å²) in [6.45, 7) is 2.63. The van der Waals surface area contributed by atoms with Crippen LogP contribution in [0.25, 0.3) is 0 Å². The number of piperidine rings is 1. The van der Waals surface area contributed by atoms with Gasteiger partial charge in [0.1, 0.15) is 11.6 Å². The minimum Gasteiger partial charge on any atom is -0.364 e. The number of nitro benzene ring substituents is 1. The van der Waals surface area contributed by atoms with Crippen molar-refractivity contribution in [1.29, 1.82) is 5.26 Å². The lowest BCUT2D eigenvalue weighted by atomic mass is 9.95. The quantitative estimate of drug-likeness (QED) is 0.673. The molecule has 1 aromatic rings. The van der Waals surface area contributed by atoms with Gasteiger partial charge < -0.3 is 10.6 Å². The Bertz CT molecular complexity index is 553. The Balaban J connectivity index is 2.43. The van der Waals surface area contributed by atoms with Crippen molar-refractivity contribution in [2.24, 2.45) is 5.73 Å². The molecule has 0 radical (unpaired) electrons. The Labute approximate surface area is 117 Å². The van der Waals surface area contributed by atoms with Gasteiger partial charge in [-0.2, -0.15) is 5.26 Å². The van der Waals surface area contributed by atoms with E-state index in [1.807, 2.05) is 6.07 Å². The highest BCUT2D eigenvalue weighted by Gasteiger charge is 2.28. The third-order valence-corrected chi connectivity index (χ3v) is 3.90. The van der Waals surface area contributed by atoms with Gasteiger partial charge in [-0.3, -0.25) is 10.1 Å². The van der Waals surface area contributed by atoms with Crippen LogP contribution in [0.15, 0.2) is 18.2 Å². The van der Waals surface area contributed by atoms with Crippen molar-refractivity contribution >= 4 is 11.4 Å². The first-order valence-electron chi connectivity index (χ1n) is 6.75. The van der Waals surface area contributed by atoms with Crippen molar-refractivity contribution in [3.8, 4) is 6.07 Å². The molecule has 0 saturated carbocycles. The third-order valence-electron chi connectivity index (χ3n) is 3.90. The van der Waals surface area contributed by atoms with Crippen LogP contribution in [0.3, 0.4) is 0 Å². The second-order valence-electron chi connectivity index (χ2n) is 5.15. The normalized spacial score (nSPS) is 22.4. The number of anilines is 1. The van der Waals surface area contributed by atoms with Crippen molar-refractivity contribution in [3.63, 3.8) is 0 Å². The number of rotatable bonds is 3. The van der Waals surface area contributed by atoms with Crippen LogP contribution in [0.1, 0.15) is 31.7 Å². The molecule has 1 aliphatic rings. The molecule has 0 amide bonds. The van der Waals surface area contributed by atoms with Gasteiger partial charge in [0.25, 0.3) is 5.69 Å². The highest BCUT2D eigenvalue weighted by Crippen LogP contribution is 2.32. The molecule has 0 bridgehead atoms. The van der Waals surface area contributed by atoms with Crippen molar-refractivity contribution in [2.45, 2.75) is 38.3 Å². The molecule has 2 N–H and O–H groups in total. The summed E-state index contributed by atoms with van der Waals surface area (Å²) in [5, 5.41) is 20.0. The van der Waals surface area contributed by atoms with E-state index in [9.17, 15) is 10.1 Å². The second kappa shape index (κ2) is 5.88. The minimum atomic E-state index is -0.506. The molecule has 6 nitrogen and oxygen atoms in total. The average Bonchev–Trinajstić information content (AvgIpc) is 2.46. The van der Waals surface area contributed by atoms with E-state index in [4.69, 9.17) is 11.0 Å². The second-order valence-corrected chi connectivity index (χ2v) is 5.15. The number of nitrogens with two attached hydrogens (primary N) is 1. The maximum atomic E-state index is 11.1. The maximum Gasteiger partial charge on any atom is 0.289 e. The fraction of sp³-hybridized carbons (Fsp3) is 0.500. The molecule has 20 heavy (non-hydrogen) atoms.